The summed E-state index contributed by atoms with van der Waals surface area (Å²) >= 11 is 0. The number of hydrogen-bond donors (Lipinski definition) is 2. The molecule has 2 aromatic rings. The smallest absolute Gasteiger partial charge is 0.292 e. The van der Waals surface area contributed by atoms with Crippen LogP contribution in [0.25, 0.3) is 0 Å². The van der Waals surface area contributed by atoms with Crippen LogP contribution in [0, 0.1) is 10.1 Å². The van der Waals surface area contributed by atoms with Gasteiger partial charge in [0.15, 0.2) is 0 Å². The van der Waals surface area contributed by atoms with E-state index in [9.17, 15) is 15.2 Å². The quantitative estimate of drug-likeness (QED) is 0.566. The van der Waals surface area contributed by atoms with Crippen molar-refractivity contribution in [3.05, 3.63) is 69.3 Å². The van der Waals surface area contributed by atoms with E-state index < -0.39 is 0 Å². The fourth-order valence-corrected chi connectivity index (χ4v) is 2.84. The second kappa shape index (κ2) is 10.6. The van der Waals surface area contributed by atoms with Gasteiger partial charge in [0.1, 0.15) is 5.69 Å². The molecule has 0 aliphatic carbocycles. The molecular formula is C20H27N3O4. The third kappa shape index (κ3) is 6.02. The van der Waals surface area contributed by atoms with E-state index in [4.69, 9.17) is 4.84 Å². The van der Waals surface area contributed by atoms with Crippen LogP contribution in [0.2, 0.25) is 0 Å². The number of nitrogens with one attached hydrogen (secondary N) is 1. The van der Waals surface area contributed by atoms with Crippen LogP contribution in [0.1, 0.15) is 37.0 Å². The van der Waals surface area contributed by atoms with Gasteiger partial charge in [0, 0.05) is 25.7 Å². The lowest BCUT2D eigenvalue weighted by molar-refractivity contribution is -0.384. The molecule has 7 heteroatoms. The van der Waals surface area contributed by atoms with Gasteiger partial charge in [-0.05, 0) is 29.2 Å². The van der Waals surface area contributed by atoms with E-state index in [0.29, 0.717) is 25.4 Å². The van der Waals surface area contributed by atoms with Crippen LogP contribution in [-0.2, 0) is 24.5 Å². The van der Waals surface area contributed by atoms with Gasteiger partial charge in [-0.25, -0.2) is 0 Å². The first-order chi connectivity index (χ1) is 13.2. The molecule has 0 radical (unpaired) electrons. The van der Waals surface area contributed by atoms with Crippen LogP contribution >= 0.6 is 0 Å². The second-order valence-electron chi connectivity index (χ2n) is 5.99. The van der Waals surface area contributed by atoms with Crippen LogP contribution in [0.15, 0.2) is 42.5 Å². The Morgan fingerprint density at radius 1 is 1.19 bits per heavy atom. The molecule has 146 valence electrons. The highest BCUT2D eigenvalue weighted by Gasteiger charge is 2.18. The molecule has 1 aliphatic heterocycles. The molecule has 0 bridgehead atoms. The number of nitrogens with zero attached hydrogens (tertiary/aromatic N) is 2. The number of nitro benzene ring substituents is 1. The predicted octanol–water partition coefficient (Wildman–Crippen LogP) is 3.86. The third-order valence-corrected chi connectivity index (χ3v) is 4.10. The van der Waals surface area contributed by atoms with Crippen LogP contribution in [-0.4, -0.2) is 28.2 Å². The average Bonchev–Trinajstić information content (AvgIpc) is 3.21. The van der Waals surface area contributed by atoms with Crippen molar-refractivity contribution in [2.75, 3.05) is 18.5 Å². The van der Waals surface area contributed by atoms with E-state index in [2.05, 4.69) is 5.32 Å². The van der Waals surface area contributed by atoms with E-state index >= 15 is 0 Å². The largest absolute Gasteiger partial charge is 0.392 e. The summed E-state index contributed by atoms with van der Waals surface area (Å²) in [6, 6.07) is 12.7. The van der Waals surface area contributed by atoms with E-state index in [1.165, 1.54) is 0 Å². The normalized spacial score (nSPS) is 13.7. The molecule has 0 spiro atoms. The molecule has 3 rings (SSSR count). The van der Waals surface area contributed by atoms with Gasteiger partial charge in [0.2, 0.25) is 0 Å². The monoisotopic (exact) mass is 373 g/mol. The van der Waals surface area contributed by atoms with Crippen LogP contribution < -0.4 is 5.32 Å². The summed E-state index contributed by atoms with van der Waals surface area (Å²) in [5.41, 5.74) is 3.15. The SMILES string of the molecule is CC.O=[N+]([O-])c1cc(CN2CCCO2)ccc1NCc1cccc(CO)c1. The Kier molecular flexibility index (Phi) is 8.19. The number of aliphatic hydroxyl groups excluding tert-OH is 1. The van der Waals surface area contributed by atoms with Gasteiger partial charge >= 0.3 is 0 Å². The molecule has 0 aromatic heterocycles. The Hall–Kier alpha value is -2.48. The highest BCUT2D eigenvalue weighted by Crippen LogP contribution is 2.27. The van der Waals surface area contributed by atoms with Crippen molar-refractivity contribution in [2.45, 2.75) is 40.0 Å². The molecule has 2 N–H and O–H groups in total. The molecule has 0 unspecified atom stereocenters. The Bertz CT molecular complexity index is 746. The first-order valence-electron chi connectivity index (χ1n) is 9.23. The average molecular weight is 373 g/mol. The van der Waals surface area contributed by atoms with Crippen LogP contribution in [0.4, 0.5) is 11.4 Å². The number of nitro groups is 1. The summed E-state index contributed by atoms with van der Waals surface area (Å²) in [5.74, 6) is 0. The second-order valence-corrected chi connectivity index (χ2v) is 5.99. The van der Waals surface area contributed by atoms with Gasteiger partial charge < -0.3 is 10.4 Å². The fraction of sp³-hybridized carbons (Fsp3) is 0.400. The summed E-state index contributed by atoms with van der Waals surface area (Å²) in [5, 5.41) is 25.5. The van der Waals surface area contributed by atoms with E-state index in [1.807, 2.05) is 49.2 Å². The predicted molar refractivity (Wildman–Crippen MR) is 105 cm³/mol. The Morgan fingerprint density at radius 3 is 2.63 bits per heavy atom. The highest BCUT2D eigenvalue weighted by atomic mass is 16.7. The zero-order valence-electron chi connectivity index (χ0n) is 15.9. The van der Waals surface area contributed by atoms with E-state index in [1.54, 1.807) is 12.1 Å². The topological polar surface area (TPSA) is 87.9 Å². The van der Waals surface area contributed by atoms with Crippen molar-refractivity contribution in [1.29, 1.82) is 0 Å². The molecule has 1 fully saturated rings. The number of rotatable bonds is 7. The lowest BCUT2D eigenvalue weighted by atomic mass is 10.1. The first kappa shape index (κ1) is 20.8. The Morgan fingerprint density at radius 2 is 1.96 bits per heavy atom. The van der Waals surface area contributed by atoms with Gasteiger partial charge in [-0.3, -0.25) is 15.0 Å². The molecule has 0 amide bonds. The Balaban J connectivity index is 0.00000126. The van der Waals surface area contributed by atoms with Crippen molar-refractivity contribution < 1.29 is 14.9 Å². The molecule has 0 saturated carbocycles. The number of hydroxylamine groups is 2. The van der Waals surface area contributed by atoms with Gasteiger partial charge in [-0.15, -0.1) is 0 Å². The molecule has 1 heterocycles. The minimum absolute atomic E-state index is 0.0265. The van der Waals surface area contributed by atoms with Crippen molar-refractivity contribution in [2.24, 2.45) is 0 Å². The van der Waals surface area contributed by atoms with E-state index in [0.717, 1.165) is 29.7 Å². The van der Waals surface area contributed by atoms with Crippen molar-refractivity contribution in [1.82, 2.24) is 5.06 Å². The number of hydrogen-bond acceptors (Lipinski definition) is 6. The maximum atomic E-state index is 11.4. The van der Waals surface area contributed by atoms with Gasteiger partial charge in [0.25, 0.3) is 5.69 Å². The summed E-state index contributed by atoms with van der Waals surface area (Å²) < 4.78 is 0. The van der Waals surface area contributed by atoms with Crippen LogP contribution in [0.3, 0.4) is 0 Å². The molecule has 7 nitrogen and oxygen atoms in total. The minimum atomic E-state index is -0.374. The molecule has 1 saturated heterocycles. The lowest BCUT2D eigenvalue weighted by Crippen LogP contribution is -2.17. The van der Waals surface area contributed by atoms with Gasteiger partial charge in [0.05, 0.1) is 18.1 Å². The first-order valence-corrected chi connectivity index (χ1v) is 9.23. The van der Waals surface area contributed by atoms with Crippen molar-refractivity contribution >= 4 is 11.4 Å². The van der Waals surface area contributed by atoms with E-state index in [-0.39, 0.29) is 17.2 Å². The van der Waals surface area contributed by atoms with Gasteiger partial charge in [-0.1, -0.05) is 44.2 Å². The Labute approximate surface area is 159 Å². The summed E-state index contributed by atoms with van der Waals surface area (Å²) in [6.45, 7) is 6.51. The van der Waals surface area contributed by atoms with Crippen molar-refractivity contribution in [3.63, 3.8) is 0 Å². The molecule has 2 aromatic carbocycles. The maximum Gasteiger partial charge on any atom is 0.292 e. The number of aliphatic hydroxyl groups is 1. The molecule has 0 atom stereocenters. The fourth-order valence-electron chi connectivity index (χ4n) is 2.84. The third-order valence-electron chi connectivity index (χ3n) is 4.10. The summed E-state index contributed by atoms with van der Waals surface area (Å²) in [7, 11) is 0. The summed E-state index contributed by atoms with van der Waals surface area (Å²) in [6.07, 6.45) is 0.981. The number of anilines is 1. The zero-order chi connectivity index (χ0) is 19.6. The zero-order valence-corrected chi connectivity index (χ0v) is 15.9. The number of benzene rings is 2. The highest BCUT2D eigenvalue weighted by molar-refractivity contribution is 5.62. The lowest BCUT2D eigenvalue weighted by Gasteiger charge is -2.14. The molecule has 1 aliphatic rings. The minimum Gasteiger partial charge on any atom is -0.392 e. The molecular weight excluding hydrogens is 346 g/mol. The maximum absolute atomic E-state index is 11.4. The molecule has 27 heavy (non-hydrogen) atoms. The van der Waals surface area contributed by atoms with Crippen LogP contribution in [0.5, 0.6) is 0 Å². The standard InChI is InChI=1S/C18H21N3O4.C2H6/c22-13-16-4-1-3-14(9-16)11-19-17-6-5-15(10-18(17)21(23)24)12-20-7-2-8-25-20;1-2/h1,3-6,9-10,19,22H,2,7-8,11-13H2;1-2H3. The van der Waals surface area contributed by atoms with Crippen molar-refractivity contribution in [3.8, 4) is 0 Å². The summed E-state index contributed by atoms with van der Waals surface area (Å²) in [4.78, 5) is 16.5. The van der Waals surface area contributed by atoms with Gasteiger partial charge in [-0.2, -0.15) is 5.06 Å².